The lowest BCUT2D eigenvalue weighted by atomic mass is 9.69. The second kappa shape index (κ2) is 22.8. The Hall–Kier alpha value is -3.74. The van der Waals surface area contributed by atoms with Crippen LogP contribution in [0.25, 0.3) is 33.0 Å². The number of amides is 2. The van der Waals surface area contributed by atoms with Crippen molar-refractivity contribution in [3.05, 3.63) is 103 Å². The zero-order valence-corrected chi connectivity index (χ0v) is 46.7. The number of nitrogens with zero attached hydrogens (tertiary/aromatic N) is 2. The first-order chi connectivity index (χ1) is 33.1. The van der Waals surface area contributed by atoms with Crippen LogP contribution in [0.4, 0.5) is 0 Å². The van der Waals surface area contributed by atoms with Crippen molar-refractivity contribution >= 4 is 45.9 Å². The Morgan fingerprint density at radius 2 is 0.986 bits per heavy atom. The van der Waals surface area contributed by atoms with Crippen LogP contribution < -0.4 is 0 Å². The van der Waals surface area contributed by atoms with Crippen molar-refractivity contribution in [1.29, 1.82) is 0 Å². The van der Waals surface area contributed by atoms with Crippen molar-refractivity contribution in [2.75, 3.05) is 13.1 Å². The summed E-state index contributed by atoms with van der Waals surface area (Å²) in [5.74, 6) is 0.724. The van der Waals surface area contributed by atoms with Gasteiger partial charge in [-0.15, -0.1) is 22.7 Å². The van der Waals surface area contributed by atoms with Crippen molar-refractivity contribution in [3.63, 3.8) is 0 Å². The van der Waals surface area contributed by atoms with E-state index in [1.165, 1.54) is 102 Å². The van der Waals surface area contributed by atoms with Crippen molar-refractivity contribution in [3.8, 4) is 21.6 Å². The Balaban J connectivity index is 1.39. The monoisotopic (exact) mass is 969 g/mol. The molecule has 2 aliphatic heterocycles. The Morgan fingerprint density at radius 1 is 0.507 bits per heavy atom. The van der Waals surface area contributed by atoms with Crippen LogP contribution in [0.3, 0.4) is 0 Å². The van der Waals surface area contributed by atoms with Gasteiger partial charge in [0, 0.05) is 28.3 Å². The highest BCUT2D eigenvalue weighted by atomic mass is 32.1. The number of carbonyl (C=O) groups excluding carboxylic acids is 2. The quantitative estimate of drug-likeness (QED) is 0.0621. The molecule has 0 radical (unpaired) electrons. The first kappa shape index (κ1) is 53.1. The minimum Gasteiger partial charge on any atom is -0.306 e. The average Bonchev–Trinajstić information content (AvgIpc) is 4.16. The van der Waals surface area contributed by atoms with Crippen LogP contribution >= 0.6 is 22.7 Å². The predicted octanol–water partition coefficient (Wildman–Crippen LogP) is 18.5. The molecule has 2 atom stereocenters. The number of hydrogen-bond acceptors (Lipinski definition) is 4. The fourth-order valence-corrected chi connectivity index (χ4v) is 13.8. The highest BCUT2D eigenvalue weighted by Gasteiger charge is 2.50. The highest BCUT2D eigenvalue weighted by molar-refractivity contribution is 7.16. The smallest absolute Gasteiger partial charge is 0.261 e. The lowest BCUT2D eigenvalue weighted by Crippen LogP contribution is -2.34. The Kier molecular flexibility index (Phi) is 17.5. The summed E-state index contributed by atoms with van der Waals surface area (Å²) in [6.45, 7) is 28.7. The number of thiophene rings is 2. The third kappa shape index (κ3) is 11.0. The number of fused-ring (bicyclic) bond motifs is 4. The second-order valence-electron chi connectivity index (χ2n) is 23.2. The Bertz CT molecular complexity index is 2470. The first-order valence-corrected chi connectivity index (χ1v) is 29.3. The third-order valence-corrected chi connectivity index (χ3v) is 18.7. The molecule has 1 aliphatic carbocycles. The molecule has 2 amide bonds. The van der Waals surface area contributed by atoms with E-state index in [9.17, 15) is 0 Å². The summed E-state index contributed by atoms with van der Waals surface area (Å²) in [4.78, 5) is 39.6. The summed E-state index contributed by atoms with van der Waals surface area (Å²) in [5.41, 5.74) is 11.5. The highest BCUT2D eigenvalue weighted by Crippen LogP contribution is 2.57. The number of hydrogen-bond donors (Lipinski definition) is 0. The fourth-order valence-electron chi connectivity index (χ4n) is 11.6. The second-order valence-corrected chi connectivity index (χ2v) is 25.3. The molecule has 2 unspecified atom stereocenters. The van der Waals surface area contributed by atoms with Gasteiger partial charge < -0.3 is 9.80 Å². The maximum absolute atomic E-state index is 15.5. The van der Waals surface area contributed by atoms with E-state index in [4.69, 9.17) is 0 Å². The van der Waals surface area contributed by atoms with Gasteiger partial charge >= 0.3 is 0 Å². The first-order valence-electron chi connectivity index (χ1n) is 27.7. The van der Waals surface area contributed by atoms with Gasteiger partial charge in [0.1, 0.15) is 0 Å². The molecule has 2 aromatic heterocycles. The molecule has 374 valence electrons. The van der Waals surface area contributed by atoms with Gasteiger partial charge in [0.05, 0.1) is 32.3 Å². The van der Waals surface area contributed by atoms with Crippen LogP contribution in [-0.2, 0) is 25.8 Å². The number of benzene rings is 2. The van der Waals surface area contributed by atoms with E-state index in [0.29, 0.717) is 36.1 Å². The average molecular weight is 970 g/mol. The maximum atomic E-state index is 15.5. The Morgan fingerprint density at radius 3 is 1.46 bits per heavy atom. The molecule has 0 fully saturated rings. The molecule has 0 N–H and O–H groups in total. The molecule has 0 bridgehead atoms. The molecule has 2 aromatic carbocycles. The molecule has 0 saturated heterocycles. The van der Waals surface area contributed by atoms with Crippen LogP contribution in [0.15, 0.2) is 71.8 Å². The maximum Gasteiger partial charge on any atom is 0.261 e. The van der Waals surface area contributed by atoms with Gasteiger partial charge in [-0.25, -0.2) is 0 Å². The summed E-state index contributed by atoms with van der Waals surface area (Å²) >= 11 is 3.52. The SMILES string of the molecule is CCCCCCC1(CCCCCC)c2cc(-c3ccc(C4=C5C(=O)N(CC(CC)CCCC)C(c6ccc(C(C)(C)C)s6)=C5C(=O)N4CC(CC)CCCC)s3)ccc2-c2ccc(C(C)(C)C)cc21. The zero-order valence-electron chi connectivity index (χ0n) is 45.1. The van der Waals surface area contributed by atoms with Crippen LogP contribution in [-0.4, -0.2) is 34.7 Å². The van der Waals surface area contributed by atoms with Crippen LogP contribution in [0.1, 0.15) is 230 Å². The summed E-state index contributed by atoms with van der Waals surface area (Å²) in [5, 5.41) is 0. The van der Waals surface area contributed by atoms with E-state index >= 15 is 9.59 Å². The normalized spacial score (nSPS) is 16.6. The van der Waals surface area contributed by atoms with E-state index < -0.39 is 0 Å². The third-order valence-electron chi connectivity index (χ3n) is 16.0. The fraction of sp³-hybridized carbons (Fsp3) is 0.587. The van der Waals surface area contributed by atoms with Gasteiger partial charge in [0.25, 0.3) is 11.8 Å². The van der Waals surface area contributed by atoms with Gasteiger partial charge in [0.15, 0.2) is 0 Å². The molecule has 6 heteroatoms. The molecule has 0 spiro atoms. The summed E-state index contributed by atoms with van der Waals surface area (Å²) < 4.78 is 0. The predicted molar refractivity (Wildman–Crippen MR) is 299 cm³/mol. The van der Waals surface area contributed by atoms with Gasteiger partial charge in [-0.05, 0) is 112 Å². The van der Waals surface area contributed by atoms with E-state index in [2.05, 4.69) is 149 Å². The largest absolute Gasteiger partial charge is 0.306 e. The molecule has 4 heterocycles. The molecule has 4 aromatic rings. The minimum absolute atomic E-state index is 0.00362. The molecule has 0 saturated carbocycles. The summed E-state index contributed by atoms with van der Waals surface area (Å²) in [7, 11) is 0. The molecule has 4 nitrogen and oxygen atoms in total. The van der Waals surface area contributed by atoms with Crippen molar-refractivity contribution in [1.82, 2.24) is 9.80 Å². The zero-order chi connectivity index (χ0) is 49.7. The minimum atomic E-state index is -0.0370. The van der Waals surface area contributed by atoms with Gasteiger partial charge in [-0.3, -0.25) is 9.59 Å². The molecule has 7 rings (SSSR count). The van der Waals surface area contributed by atoms with E-state index in [0.717, 1.165) is 72.5 Å². The van der Waals surface area contributed by atoms with Crippen molar-refractivity contribution in [2.45, 2.75) is 215 Å². The summed E-state index contributed by atoms with van der Waals surface area (Å²) in [6.07, 6.45) is 21.1. The lowest BCUT2D eigenvalue weighted by Gasteiger charge is -2.34. The molecular weight excluding hydrogens is 881 g/mol. The van der Waals surface area contributed by atoms with Crippen LogP contribution in [0.5, 0.6) is 0 Å². The van der Waals surface area contributed by atoms with Crippen LogP contribution in [0, 0.1) is 11.8 Å². The molecule has 69 heavy (non-hydrogen) atoms. The topological polar surface area (TPSA) is 40.6 Å². The van der Waals surface area contributed by atoms with E-state index in [-0.39, 0.29) is 28.1 Å². The lowest BCUT2D eigenvalue weighted by molar-refractivity contribution is -0.124. The molecule has 3 aliphatic rings. The van der Waals surface area contributed by atoms with Gasteiger partial charge in [-0.1, -0.05) is 203 Å². The number of unbranched alkanes of at least 4 members (excludes halogenated alkanes) is 8. The number of rotatable bonds is 25. The van der Waals surface area contributed by atoms with Crippen molar-refractivity contribution in [2.24, 2.45) is 11.8 Å². The van der Waals surface area contributed by atoms with Crippen LogP contribution in [0.2, 0.25) is 0 Å². The Labute approximate surface area is 427 Å². The summed E-state index contributed by atoms with van der Waals surface area (Å²) in [6, 6.07) is 23.7. The van der Waals surface area contributed by atoms with E-state index in [1.54, 1.807) is 28.2 Å². The number of carbonyl (C=O) groups is 2. The van der Waals surface area contributed by atoms with E-state index in [1.807, 2.05) is 4.90 Å². The van der Waals surface area contributed by atoms with Crippen molar-refractivity contribution < 1.29 is 9.59 Å². The van der Waals surface area contributed by atoms with Gasteiger partial charge in [0.2, 0.25) is 0 Å². The standard InChI is InChI=1S/C63H88N2O2S2/c1-13-19-23-25-37-63(38-26-24-20-14-2)49-39-45(29-31-47(49)48-32-30-46(40-50(48)63)61(7,8)9)51-33-34-52(68-51)57-55-56(60(67)64(57)41-43(17-5)27-21-15-3)58(53-35-36-54(69-53)62(10,11)12)65(59(55)66)42-44(18-6)28-22-16-4/h29-36,39-40,43-44H,13-28,37-38,41-42H2,1-12H3. The van der Waals surface area contributed by atoms with Gasteiger partial charge in [-0.2, -0.15) is 0 Å². The molecular formula is C63H88N2O2S2.